The molecule has 0 fully saturated rings. The molecule has 0 unspecified atom stereocenters. The van der Waals surface area contributed by atoms with Gasteiger partial charge in [0, 0.05) is 5.92 Å². The van der Waals surface area contributed by atoms with Crippen LogP contribution in [0, 0.1) is 0 Å². The predicted octanol–water partition coefficient (Wildman–Crippen LogP) is 3.96. The quantitative estimate of drug-likeness (QED) is 0.469. The number of amides is 2. The van der Waals surface area contributed by atoms with Gasteiger partial charge in [-0.2, -0.15) is 0 Å². The molecule has 8 heteroatoms. The third kappa shape index (κ3) is 5.06. The Kier molecular flexibility index (Phi) is 6.87. The molecule has 0 aliphatic heterocycles. The maximum atomic E-state index is 12.6. The van der Waals surface area contributed by atoms with Crippen molar-refractivity contribution in [1.82, 2.24) is 10.3 Å². The number of carbonyl (C=O) groups excluding carboxylic acids is 2. The van der Waals surface area contributed by atoms with Crippen LogP contribution in [0.3, 0.4) is 0 Å². The van der Waals surface area contributed by atoms with Crippen LogP contribution in [-0.2, 0) is 20.7 Å². The summed E-state index contributed by atoms with van der Waals surface area (Å²) in [6, 6.07) is 18.4. The van der Waals surface area contributed by atoms with Gasteiger partial charge >= 0.3 is 12.1 Å². The molecule has 2 aromatic carbocycles. The van der Waals surface area contributed by atoms with E-state index in [1.54, 1.807) is 13.0 Å². The lowest BCUT2D eigenvalue weighted by molar-refractivity contribution is -0.136. The Balaban J connectivity index is 1.35. The summed E-state index contributed by atoms with van der Waals surface area (Å²) >= 11 is 0. The van der Waals surface area contributed by atoms with Crippen LogP contribution >= 0.6 is 0 Å². The number of nitrogens with one attached hydrogen (secondary N) is 2. The Morgan fingerprint density at radius 1 is 1.00 bits per heavy atom. The number of aromatic nitrogens is 1. The molecule has 4 rings (SSSR count). The van der Waals surface area contributed by atoms with Gasteiger partial charge in [0.25, 0.3) is 0 Å². The summed E-state index contributed by atoms with van der Waals surface area (Å²) in [4.78, 5) is 39.9. The van der Waals surface area contributed by atoms with Crippen molar-refractivity contribution < 1.29 is 24.2 Å². The molecule has 3 N–H and O–H groups in total. The predicted molar refractivity (Wildman–Crippen MR) is 126 cm³/mol. The Morgan fingerprint density at radius 2 is 1.65 bits per heavy atom. The molecule has 8 nitrogen and oxygen atoms in total. The van der Waals surface area contributed by atoms with E-state index >= 15 is 0 Å². The van der Waals surface area contributed by atoms with Gasteiger partial charge in [0.2, 0.25) is 5.91 Å². The number of fused-ring (bicyclic) bond motifs is 3. The molecular weight excluding hydrogens is 434 g/mol. The smallest absolute Gasteiger partial charge is 0.407 e. The van der Waals surface area contributed by atoms with Crippen molar-refractivity contribution in [2.45, 2.75) is 31.7 Å². The number of rotatable bonds is 8. The van der Waals surface area contributed by atoms with Gasteiger partial charge in [-0.15, -0.1) is 0 Å². The fourth-order valence-corrected chi connectivity index (χ4v) is 4.12. The number of carboxylic acids is 1. The molecule has 1 aliphatic rings. The molecule has 1 heterocycles. The van der Waals surface area contributed by atoms with Crippen LogP contribution in [0.2, 0.25) is 0 Å². The van der Waals surface area contributed by atoms with Gasteiger partial charge < -0.3 is 20.5 Å². The average molecular weight is 460 g/mol. The van der Waals surface area contributed by atoms with Gasteiger partial charge in [-0.05, 0) is 40.8 Å². The van der Waals surface area contributed by atoms with Crippen LogP contribution in [0.5, 0.6) is 0 Å². The molecule has 0 saturated heterocycles. The summed E-state index contributed by atoms with van der Waals surface area (Å²) in [6.45, 7) is 1.94. The molecule has 1 aliphatic carbocycles. The van der Waals surface area contributed by atoms with E-state index in [4.69, 9.17) is 9.84 Å². The standard InChI is InChI=1S/C26H25N3O5/c1-2-23(25(32)28-17-12-11-16(27-14-17)13-24(30)31)29-26(33)34-15-22-20-9-5-3-7-18(20)19-8-4-6-10-21(19)22/h3-12,14,22-23H,2,13,15H2,1H3,(H,28,32)(H,29,33)(H,30,31)/t23-/m1/s1. The lowest BCUT2D eigenvalue weighted by Crippen LogP contribution is -2.43. The number of hydrogen-bond donors (Lipinski definition) is 3. The summed E-state index contributed by atoms with van der Waals surface area (Å²) in [7, 11) is 0. The van der Waals surface area contributed by atoms with E-state index in [2.05, 4.69) is 27.8 Å². The molecule has 1 aromatic heterocycles. The number of alkyl carbamates (subject to hydrolysis) is 1. The number of anilines is 1. The molecule has 174 valence electrons. The fourth-order valence-electron chi connectivity index (χ4n) is 4.12. The average Bonchev–Trinajstić information content (AvgIpc) is 3.16. The number of ether oxygens (including phenoxy) is 1. The Morgan fingerprint density at radius 3 is 2.21 bits per heavy atom. The van der Waals surface area contributed by atoms with Crippen LogP contribution in [-0.4, -0.2) is 40.7 Å². The van der Waals surface area contributed by atoms with Crippen LogP contribution in [0.4, 0.5) is 10.5 Å². The fraction of sp³-hybridized carbons (Fsp3) is 0.231. The third-order valence-corrected chi connectivity index (χ3v) is 5.79. The van der Waals surface area contributed by atoms with E-state index in [9.17, 15) is 14.4 Å². The summed E-state index contributed by atoms with van der Waals surface area (Å²) in [5.41, 5.74) is 5.29. The zero-order valence-corrected chi connectivity index (χ0v) is 18.7. The minimum absolute atomic E-state index is 0.0672. The molecule has 2 amide bonds. The molecule has 3 aromatic rings. The van der Waals surface area contributed by atoms with E-state index in [-0.39, 0.29) is 18.9 Å². The number of nitrogens with zero attached hydrogens (tertiary/aromatic N) is 1. The minimum Gasteiger partial charge on any atom is -0.481 e. The van der Waals surface area contributed by atoms with Gasteiger partial charge in [-0.25, -0.2) is 4.79 Å². The van der Waals surface area contributed by atoms with Gasteiger partial charge in [0.1, 0.15) is 12.6 Å². The zero-order chi connectivity index (χ0) is 24.1. The highest BCUT2D eigenvalue weighted by Crippen LogP contribution is 2.44. The summed E-state index contributed by atoms with van der Waals surface area (Å²) in [6.07, 6.45) is 0.880. The molecule has 34 heavy (non-hydrogen) atoms. The molecular formula is C26H25N3O5. The summed E-state index contributed by atoms with van der Waals surface area (Å²) in [5.74, 6) is -1.46. The van der Waals surface area contributed by atoms with Crippen LogP contribution in [0.25, 0.3) is 11.1 Å². The maximum absolute atomic E-state index is 12.6. The third-order valence-electron chi connectivity index (χ3n) is 5.79. The van der Waals surface area contributed by atoms with Crippen molar-refractivity contribution in [2.75, 3.05) is 11.9 Å². The molecule has 1 atom stereocenters. The number of carboxylic acid groups (broad SMARTS) is 1. The van der Waals surface area contributed by atoms with Crippen molar-refractivity contribution in [2.24, 2.45) is 0 Å². The van der Waals surface area contributed by atoms with Gasteiger partial charge in [-0.3, -0.25) is 14.6 Å². The molecule has 0 spiro atoms. The number of aliphatic carboxylic acids is 1. The van der Waals surface area contributed by atoms with E-state index < -0.39 is 24.0 Å². The van der Waals surface area contributed by atoms with E-state index in [1.807, 2.05) is 36.4 Å². The molecule has 0 radical (unpaired) electrons. The summed E-state index contributed by atoms with van der Waals surface area (Å²) < 4.78 is 5.53. The first-order valence-electron chi connectivity index (χ1n) is 11.1. The Labute approximate surface area is 197 Å². The number of hydrogen-bond acceptors (Lipinski definition) is 5. The monoisotopic (exact) mass is 459 g/mol. The first-order valence-corrected chi connectivity index (χ1v) is 11.1. The maximum Gasteiger partial charge on any atom is 0.407 e. The number of benzene rings is 2. The highest BCUT2D eigenvalue weighted by Gasteiger charge is 2.29. The number of pyridine rings is 1. The lowest BCUT2D eigenvalue weighted by atomic mass is 9.98. The molecule has 0 bridgehead atoms. The van der Waals surface area contributed by atoms with Crippen LogP contribution in [0.1, 0.15) is 36.1 Å². The Bertz CT molecular complexity index is 1160. The van der Waals surface area contributed by atoms with Gasteiger partial charge in [-0.1, -0.05) is 55.5 Å². The highest BCUT2D eigenvalue weighted by atomic mass is 16.5. The second-order valence-electron chi connectivity index (χ2n) is 8.03. The van der Waals surface area contributed by atoms with Crippen LogP contribution < -0.4 is 10.6 Å². The molecule has 0 saturated carbocycles. The normalized spacial score (nSPS) is 12.9. The van der Waals surface area contributed by atoms with E-state index in [1.165, 1.54) is 12.3 Å². The SMILES string of the molecule is CC[C@@H](NC(=O)OCC1c2ccccc2-c2ccccc21)C(=O)Nc1ccc(CC(=O)O)nc1. The van der Waals surface area contributed by atoms with Crippen molar-refractivity contribution in [3.05, 3.63) is 83.7 Å². The second-order valence-corrected chi connectivity index (χ2v) is 8.03. The van der Waals surface area contributed by atoms with Crippen molar-refractivity contribution >= 4 is 23.7 Å². The number of carbonyl (C=O) groups is 3. The van der Waals surface area contributed by atoms with E-state index in [0.717, 1.165) is 22.3 Å². The first kappa shape index (κ1) is 23.0. The summed E-state index contributed by atoms with van der Waals surface area (Å²) in [5, 5.41) is 14.1. The first-order chi connectivity index (χ1) is 16.5. The van der Waals surface area contributed by atoms with Crippen molar-refractivity contribution in [3.8, 4) is 11.1 Å². The van der Waals surface area contributed by atoms with Gasteiger partial charge in [0.15, 0.2) is 0 Å². The topological polar surface area (TPSA) is 118 Å². The minimum atomic E-state index is -0.984. The van der Waals surface area contributed by atoms with Gasteiger partial charge in [0.05, 0.1) is 24.0 Å². The second kappa shape index (κ2) is 10.2. The van der Waals surface area contributed by atoms with Crippen molar-refractivity contribution in [3.63, 3.8) is 0 Å². The van der Waals surface area contributed by atoms with E-state index in [0.29, 0.717) is 17.8 Å². The van der Waals surface area contributed by atoms with Crippen molar-refractivity contribution in [1.29, 1.82) is 0 Å². The largest absolute Gasteiger partial charge is 0.481 e. The lowest BCUT2D eigenvalue weighted by Gasteiger charge is -2.18. The van der Waals surface area contributed by atoms with Crippen LogP contribution in [0.15, 0.2) is 66.9 Å². The zero-order valence-electron chi connectivity index (χ0n) is 18.7. The Hall–Kier alpha value is -4.20. The highest BCUT2D eigenvalue weighted by molar-refractivity contribution is 5.96.